The van der Waals surface area contributed by atoms with Crippen LogP contribution in [-0.4, -0.2) is 0 Å². The van der Waals surface area contributed by atoms with E-state index in [1.165, 1.54) is 11.1 Å². The Balaban J connectivity index is 3.00. The molecular weight excluding hydrogens is 206 g/mol. The summed E-state index contributed by atoms with van der Waals surface area (Å²) in [7, 11) is 0. The van der Waals surface area contributed by atoms with E-state index in [4.69, 9.17) is 5.73 Å². The number of para-hydroxylation sites is 1. The summed E-state index contributed by atoms with van der Waals surface area (Å²) in [5, 5.41) is 0. The Hall–Kier alpha value is -0.980. The maximum Gasteiger partial charge on any atom is 0.0379 e. The fourth-order valence-corrected chi connectivity index (χ4v) is 2.12. The third-order valence-electron chi connectivity index (χ3n) is 2.73. The summed E-state index contributed by atoms with van der Waals surface area (Å²) in [5.74, 6) is 0. The second-order valence-electron chi connectivity index (χ2n) is 7.46. The van der Waals surface area contributed by atoms with Crippen LogP contribution in [0.5, 0.6) is 0 Å². The molecule has 96 valence electrons. The monoisotopic (exact) mass is 233 g/mol. The Kier molecular flexibility index (Phi) is 3.91. The normalized spacial score (nSPS) is 12.8. The van der Waals surface area contributed by atoms with E-state index in [1.54, 1.807) is 0 Å². The molecule has 2 N–H and O–H groups in total. The van der Waals surface area contributed by atoms with Crippen LogP contribution in [-0.2, 0) is 12.8 Å². The molecule has 0 aliphatic carbocycles. The molecule has 0 radical (unpaired) electrons. The van der Waals surface area contributed by atoms with Gasteiger partial charge in [-0.05, 0) is 34.8 Å². The zero-order chi connectivity index (χ0) is 13.3. The van der Waals surface area contributed by atoms with Crippen molar-refractivity contribution in [1.82, 2.24) is 0 Å². The van der Waals surface area contributed by atoms with Gasteiger partial charge in [-0.2, -0.15) is 0 Å². The van der Waals surface area contributed by atoms with Crippen LogP contribution in [0.25, 0.3) is 0 Å². The standard InChI is InChI=1S/C16H27N/c1-15(2,3)10-12-8-7-9-13(14(12)17)11-16(4,5)6/h7-9H,10-11,17H2,1-6H3. The van der Waals surface area contributed by atoms with Gasteiger partial charge in [0.05, 0.1) is 0 Å². The smallest absolute Gasteiger partial charge is 0.0379 e. The van der Waals surface area contributed by atoms with E-state index in [9.17, 15) is 0 Å². The van der Waals surface area contributed by atoms with Crippen LogP contribution in [0.1, 0.15) is 52.7 Å². The molecule has 0 aromatic heterocycles. The number of rotatable bonds is 2. The maximum atomic E-state index is 6.30. The van der Waals surface area contributed by atoms with E-state index in [1.807, 2.05) is 0 Å². The molecule has 0 fully saturated rings. The fraction of sp³-hybridized carbons (Fsp3) is 0.625. The van der Waals surface area contributed by atoms with Crippen LogP contribution in [0.2, 0.25) is 0 Å². The molecule has 1 aromatic carbocycles. The van der Waals surface area contributed by atoms with Gasteiger partial charge in [0.15, 0.2) is 0 Å². The van der Waals surface area contributed by atoms with E-state index in [-0.39, 0.29) is 10.8 Å². The van der Waals surface area contributed by atoms with Crippen LogP contribution < -0.4 is 5.73 Å². The first-order valence-corrected chi connectivity index (χ1v) is 6.45. The summed E-state index contributed by atoms with van der Waals surface area (Å²) < 4.78 is 0. The summed E-state index contributed by atoms with van der Waals surface area (Å²) in [6, 6.07) is 6.46. The van der Waals surface area contributed by atoms with Crippen molar-refractivity contribution in [3.05, 3.63) is 29.3 Å². The highest BCUT2D eigenvalue weighted by Gasteiger charge is 2.17. The van der Waals surface area contributed by atoms with Crippen LogP contribution in [0.4, 0.5) is 5.69 Å². The number of hydrogen-bond acceptors (Lipinski definition) is 1. The lowest BCUT2D eigenvalue weighted by Gasteiger charge is -2.23. The molecule has 0 heterocycles. The molecule has 0 bridgehead atoms. The molecule has 0 amide bonds. The molecule has 0 spiro atoms. The van der Waals surface area contributed by atoms with Crippen LogP contribution in [0, 0.1) is 10.8 Å². The Morgan fingerprint density at radius 1 is 0.824 bits per heavy atom. The molecule has 0 saturated heterocycles. The second kappa shape index (κ2) is 4.72. The van der Waals surface area contributed by atoms with E-state index in [2.05, 4.69) is 59.7 Å². The van der Waals surface area contributed by atoms with Gasteiger partial charge < -0.3 is 5.73 Å². The predicted molar refractivity (Wildman–Crippen MR) is 77.2 cm³/mol. The predicted octanol–water partition coefficient (Wildman–Crippen LogP) is 4.45. The average molecular weight is 233 g/mol. The van der Waals surface area contributed by atoms with Crippen LogP contribution in [0.15, 0.2) is 18.2 Å². The molecule has 0 unspecified atom stereocenters. The van der Waals surface area contributed by atoms with Crippen LogP contribution in [0.3, 0.4) is 0 Å². The van der Waals surface area contributed by atoms with Gasteiger partial charge in [0, 0.05) is 5.69 Å². The minimum atomic E-state index is 0.286. The van der Waals surface area contributed by atoms with E-state index < -0.39 is 0 Å². The van der Waals surface area contributed by atoms with E-state index >= 15 is 0 Å². The maximum absolute atomic E-state index is 6.30. The third-order valence-corrected chi connectivity index (χ3v) is 2.73. The highest BCUT2D eigenvalue weighted by molar-refractivity contribution is 5.54. The summed E-state index contributed by atoms with van der Waals surface area (Å²) >= 11 is 0. The van der Waals surface area contributed by atoms with Gasteiger partial charge in [0.25, 0.3) is 0 Å². The Morgan fingerprint density at radius 3 is 1.47 bits per heavy atom. The average Bonchev–Trinajstić information content (AvgIpc) is 2.07. The first-order chi connectivity index (χ1) is 7.58. The van der Waals surface area contributed by atoms with Gasteiger partial charge in [-0.3, -0.25) is 0 Å². The largest absolute Gasteiger partial charge is 0.398 e. The van der Waals surface area contributed by atoms with Crippen molar-refractivity contribution >= 4 is 5.69 Å². The summed E-state index contributed by atoms with van der Waals surface area (Å²) in [6.07, 6.45) is 2.08. The molecule has 0 atom stereocenters. The van der Waals surface area contributed by atoms with Crippen molar-refractivity contribution in [2.75, 3.05) is 5.73 Å². The molecule has 1 aromatic rings. The van der Waals surface area contributed by atoms with Crippen molar-refractivity contribution in [3.63, 3.8) is 0 Å². The summed E-state index contributed by atoms with van der Waals surface area (Å²) in [6.45, 7) is 13.5. The first kappa shape index (κ1) is 14.1. The lowest BCUT2D eigenvalue weighted by molar-refractivity contribution is 0.407. The van der Waals surface area contributed by atoms with Crippen molar-refractivity contribution in [2.45, 2.75) is 54.4 Å². The molecular formula is C16H27N. The summed E-state index contributed by atoms with van der Waals surface area (Å²) in [5.41, 5.74) is 10.4. The Bertz CT molecular complexity index is 343. The van der Waals surface area contributed by atoms with Gasteiger partial charge in [0.1, 0.15) is 0 Å². The molecule has 17 heavy (non-hydrogen) atoms. The molecule has 1 rings (SSSR count). The topological polar surface area (TPSA) is 26.0 Å². The minimum Gasteiger partial charge on any atom is -0.398 e. The number of benzene rings is 1. The van der Waals surface area contributed by atoms with Crippen LogP contribution >= 0.6 is 0 Å². The van der Waals surface area contributed by atoms with Crippen molar-refractivity contribution < 1.29 is 0 Å². The highest BCUT2D eigenvalue weighted by Crippen LogP contribution is 2.30. The quantitative estimate of drug-likeness (QED) is 0.751. The zero-order valence-corrected chi connectivity index (χ0v) is 12.2. The van der Waals surface area contributed by atoms with E-state index in [0.717, 1.165) is 18.5 Å². The number of hydrogen-bond donors (Lipinski definition) is 1. The van der Waals surface area contributed by atoms with Gasteiger partial charge in [-0.25, -0.2) is 0 Å². The van der Waals surface area contributed by atoms with Gasteiger partial charge >= 0.3 is 0 Å². The molecule has 1 nitrogen and oxygen atoms in total. The second-order valence-corrected chi connectivity index (χ2v) is 7.46. The highest BCUT2D eigenvalue weighted by atomic mass is 14.6. The summed E-state index contributed by atoms with van der Waals surface area (Å²) in [4.78, 5) is 0. The lowest BCUT2D eigenvalue weighted by atomic mass is 9.83. The van der Waals surface area contributed by atoms with E-state index in [0.29, 0.717) is 0 Å². The fourth-order valence-electron chi connectivity index (χ4n) is 2.12. The Labute approximate surface area is 106 Å². The van der Waals surface area contributed by atoms with Gasteiger partial charge in [0.2, 0.25) is 0 Å². The van der Waals surface area contributed by atoms with Gasteiger partial charge in [-0.15, -0.1) is 0 Å². The van der Waals surface area contributed by atoms with Crippen molar-refractivity contribution in [3.8, 4) is 0 Å². The number of nitrogens with two attached hydrogens (primary N) is 1. The number of nitrogen functional groups attached to an aromatic ring is 1. The third kappa shape index (κ3) is 4.80. The first-order valence-electron chi connectivity index (χ1n) is 6.45. The SMILES string of the molecule is CC(C)(C)Cc1cccc(CC(C)(C)C)c1N. The minimum absolute atomic E-state index is 0.286. The Morgan fingerprint density at radius 2 is 1.18 bits per heavy atom. The van der Waals surface area contributed by atoms with Crippen molar-refractivity contribution in [2.24, 2.45) is 10.8 Å². The van der Waals surface area contributed by atoms with Gasteiger partial charge in [-0.1, -0.05) is 59.7 Å². The van der Waals surface area contributed by atoms with Crippen molar-refractivity contribution in [1.29, 1.82) is 0 Å². The molecule has 0 aliphatic heterocycles. The molecule has 0 aliphatic rings. The zero-order valence-electron chi connectivity index (χ0n) is 12.2. The lowest BCUT2D eigenvalue weighted by Crippen LogP contribution is -2.14. The number of anilines is 1. The molecule has 0 saturated carbocycles. The molecule has 1 heteroatoms.